The van der Waals surface area contributed by atoms with Crippen molar-refractivity contribution in [1.82, 2.24) is 0 Å². The maximum atomic E-state index is 12.4. The van der Waals surface area contributed by atoms with Crippen LogP contribution in [-0.4, -0.2) is 65.7 Å². The number of phosphoric acid groups is 1. The second-order valence-corrected chi connectivity index (χ2v) is 19.0. The molecule has 358 valence electrons. The Bertz CT molecular complexity index is 966. The number of hydrogen-bond donors (Lipinski definition) is 3. The summed E-state index contributed by atoms with van der Waals surface area (Å²) >= 11 is 0. The average molecular weight is 877 g/mol. The summed E-state index contributed by atoms with van der Waals surface area (Å²) in [5.74, 6) is -1.00. The molecule has 0 heterocycles. The molecule has 0 bridgehead atoms. The van der Waals surface area contributed by atoms with Gasteiger partial charge in [0.1, 0.15) is 12.2 Å². The summed E-state index contributed by atoms with van der Waals surface area (Å²) in [7, 11) is -4.63. The molecule has 0 aromatic carbocycles. The predicted molar refractivity (Wildman–Crippen MR) is 247 cm³/mol. The van der Waals surface area contributed by atoms with Gasteiger partial charge in [-0.2, -0.15) is 0 Å². The largest absolute Gasteiger partial charge is 0.472 e. The molecule has 0 aliphatic heterocycles. The zero-order chi connectivity index (χ0) is 44.0. The molecular formula is C49H97O10P. The van der Waals surface area contributed by atoms with Gasteiger partial charge in [0.15, 0.2) is 0 Å². The lowest BCUT2D eigenvalue weighted by molar-refractivity contribution is -0.153. The van der Waals surface area contributed by atoms with E-state index in [0.717, 1.165) is 38.5 Å². The van der Waals surface area contributed by atoms with E-state index < -0.39 is 58.4 Å². The molecule has 0 aromatic rings. The van der Waals surface area contributed by atoms with E-state index in [1.807, 2.05) is 0 Å². The number of aliphatic hydroxyl groups excluding tert-OH is 2. The number of ether oxygens (including phenoxy) is 2. The van der Waals surface area contributed by atoms with Gasteiger partial charge in [0.2, 0.25) is 0 Å². The van der Waals surface area contributed by atoms with Crippen molar-refractivity contribution in [1.29, 1.82) is 0 Å². The highest BCUT2D eigenvalue weighted by atomic mass is 31.2. The highest BCUT2D eigenvalue weighted by Gasteiger charge is 2.27. The van der Waals surface area contributed by atoms with E-state index in [1.54, 1.807) is 0 Å². The van der Waals surface area contributed by atoms with Crippen LogP contribution in [0.25, 0.3) is 0 Å². The molecule has 0 fully saturated rings. The maximum absolute atomic E-state index is 12.4. The molecule has 60 heavy (non-hydrogen) atoms. The Kier molecular flexibility index (Phi) is 45.2. The zero-order valence-corrected chi connectivity index (χ0v) is 40.1. The van der Waals surface area contributed by atoms with Crippen molar-refractivity contribution >= 4 is 19.8 Å². The molecule has 0 rings (SSSR count). The Hall–Kier alpha value is -1.03. The van der Waals surface area contributed by atoms with Gasteiger partial charge in [-0.25, -0.2) is 4.57 Å². The molecule has 0 saturated heterocycles. The molecule has 3 N–H and O–H groups in total. The van der Waals surface area contributed by atoms with E-state index in [1.165, 1.54) is 186 Å². The number of aliphatic hydroxyl groups is 2. The molecule has 3 unspecified atom stereocenters. The second-order valence-electron chi connectivity index (χ2n) is 17.5. The van der Waals surface area contributed by atoms with Gasteiger partial charge in [-0.3, -0.25) is 18.6 Å². The number of hydrogen-bond acceptors (Lipinski definition) is 9. The van der Waals surface area contributed by atoms with Gasteiger partial charge in [-0.1, -0.05) is 239 Å². The van der Waals surface area contributed by atoms with Crippen LogP contribution in [0.5, 0.6) is 0 Å². The van der Waals surface area contributed by atoms with Crippen LogP contribution in [0.3, 0.4) is 0 Å². The molecule has 0 aliphatic carbocycles. The fourth-order valence-electron chi connectivity index (χ4n) is 7.65. The summed E-state index contributed by atoms with van der Waals surface area (Å²) in [6.45, 7) is 2.28. The number of esters is 2. The first-order chi connectivity index (χ1) is 29.3. The summed E-state index contributed by atoms with van der Waals surface area (Å²) in [4.78, 5) is 34.6. The number of rotatable bonds is 49. The van der Waals surface area contributed by atoms with Crippen molar-refractivity contribution in [3.63, 3.8) is 0 Å². The first kappa shape index (κ1) is 59.0. The SMILES string of the molecule is CCCCCCCCCCCCCCCCCCCCCCCCC(=O)OC(CO)COP(=O)(O)OCC(CO)OC(=O)CCCCCCCCCCCCCCCCC. The van der Waals surface area contributed by atoms with Crippen LogP contribution < -0.4 is 0 Å². The van der Waals surface area contributed by atoms with Gasteiger partial charge in [0, 0.05) is 12.8 Å². The van der Waals surface area contributed by atoms with Crippen LogP contribution in [0.2, 0.25) is 0 Å². The molecule has 0 aliphatic rings. The minimum atomic E-state index is -4.63. The van der Waals surface area contributed by atoms with Crippen LogP contribution in [0.15, 0.2) is 0 Å². The number of carbonyl (C=O) groups is 2. The summed E-state index contributed by atoms with van der Waals surface area (Å²) in [6, 6.07) is 0. The Morgan fingerprint density at radius 2 is 0.583 bits per heavy atom. The van der Waals surface area contributed by atoms with Gasteiger partial charge < -0.3 is 24.6 Å². The van der Waals surface area contributed by atoms with Crippen LogP contribution >= 0.6 is 7.82 Å². The molecule has 0 saturated carbocycles. The maximum Gasteiger partial charge on any atom is 0.472 e. The Labute approximate surface area is 369 Å². The van der Waals surface area contributed by atoms with Crippen molar-refractivity contribution in [2.45, 2.75) is 276 Å². The van der Waals surface area contributed by atoms with Crippen LogP contribution in [0.1, 0.15) is 264 Å². The third kappa shape index (κ3) is 43.6. The van der Waals surface area contributed by atoms with Gasteiger partial charge >= 0.3 is 19.8 Å². The summed E-state index contributed by atoms with van der Waals surface area (Å²) < 4.78 is 32.7. The Morgan fingerprint density at radius 1 is 0.383 bits per heavy atom. The van der Waals surface area contributed by atoms with Gasteiger partial charge in [0.05, 0.1) is 26.4 Å². The van der Waals surface area contributed by atoms with Crippen molar-refractivity contribution in [2.75, 3.05) is 26.4 Å². The molecule has 3 atom stereocenters. The monoisotopic (exact) mass is 877 g/mol. The van der Waals surface area contributed by atoms with E-state index in [0.29, 0.717) is 12.8 Å². The lowest BCUT2D eigenvalue weighted by atomic mass is 10.0. The van der Waals surface area contributed by atoms with Gasteiger partial charge in [-0.05, 0) is 12.8 Å². The van der Waals surface area contributed by atoms with Crippen LogP contribution in [0.4, 0.5) is 0 Å². The van der Waals surface area contributed by atoms with Gasteiger partial charge in [-0.15, -0.1) is 0 Å². The Balaban J connectivity index is 3.78. The minimum Gasteiger partial charge on any atom is -0.457 e. The highest BCUT2D eigenvalue weighted by molar-refractivity contribution is 7.47. The third-order valence-corrected chi connectivity index (χ3v) is 12.5. The van der Waals surface area contributed by atoms with Crippen LogP contribution in [-0.2, 0) is 32.7 Å². The average Bonchev–Trinajstić information content (AvgIpc) is 3.24. The summed E-state index contributed by atoms with van der Waals surface area (Å²) in [6.07, 6.45) is 45.1. The summed E-state index contributed by atoms with van der Waals surface area (Å²) in [5, 5.41) is 19.2. The molecule has 0 amide bonds. The molecular weight excluding hydrogens is 780 g/mol. The van der Waals surface area contributed by atoms with Crippen molar-refractivity contribution in [3.8, 4) is 0 Å². The Morgan fingerprint density at radius 3 is 0.783 bits per heavy atom. The molecule has 0 aromatic heterocycles. The summed E-state index contributed by atoms with van der Waals surface area (Å²) in [5.41, 5.74) is 0. The molecule has 0 spiro atoms. The van der Waals surface area contributed by atoms with E-state index >= 15 is 0 Å². The van der Waals surface area contributed by atoms with Crippen molar-refractivity contribution in [2.24, 2.45) is 0 Å². The highest BCUT2D eigenvalue weighted by Crippen LogP contribution is 2.43. The van der Waals surface area contributed by atoms with Crippen molar-refractivity contribution < 1.29 is 47.8 Å². The van der Waals surface area contributed by atoms with E-state index in [9.17, 15) is 29.3 Å². The topological polar surface area (TPSA) is 149 Å². The fourth-order valence-corrected chi connectivity index (χ4v) is 8.43. The molecule has 0 radical (unpaired) electrons. The van der Waals surface area contributed by atoms with E-state index in [-0.39, 0.29) is 12.8 Å². The zero-order valence-electron chi connectivity index (χ0n) is 39.2. The van der Waals surface area contributed by atoms with Crippen molar-refractivity contribution in [3.05, 3.63) is 0 Å². The first-order valence-electron chi connectivity index (χ1n) is 25.5. The fraction of sp³-hybridized carbons (Fsp3) is 0.959. The number of phosphoric ester groups is 1. The first-order valence-corrected chi connectivity index (χ1v) is 27.0. The third-order valence-electron chi connectivity index (χ3n) is 11.6. The minimum absolute atomic E-state index is 0.200. The van der Waals surface area contributed by atoms with E-state index in [4.69, 9.17) is 18.5 Å². The van der Waals surface area contributed by atoms with Crippen LogP contribution in [0, 0.1) is 0 Å². The smallest absolute Gasteiger partial charge is 0.457 e. The number of unbranched alkanes of at least 4 members (excludes halogenated alkanes) is 35. The quantitative estimate of drug-likeness (QED) is 0.0306. The number of carbonyl (C=O) groups excluding carboxylic acids is 2. The lowest BCUT2D eigenvalue weighted by Gasteiger charge is -2.20. The molecule has 10 nitrogen and oxygen atoms in total. The van der Waals surface area contributed by atoms with E-state index in [2.05, 4.69) is 13.8 Å². The predicted octanol–water partition coefficient (Wildman–Crippen LogP) is 14.2. The molecule has 11 heteroatoms. The normalized spacial score (nSPS) is 13.6. The standard InChI is InChI=1S/C49H97O10P/c1-3-5-7-9-11-13-15-17-19-20-21-22-23-24-25-27-29-31-33-35-37-39-41-49(53)59-47(43-51)45-57-60(54,55)56-44-46(42-50)58-48(52)40-38-36-34-32-30-28-26-18-16-14-12-10-8-6-4-2/h46-47,50-51H,3-45H2,1-2H3,(H,54,55). The lowest BCUT2D eigenvalue weighted by Crippen LogP contribution is -2.28. The second kappa shape index (κ2) is 46.0. The van der Waals surface area contributed by atoms with Gasteiger partial charge in [0.25, 0.3) is 0 Å².